The summed E-state index contributed by atoms with van der Waals surface area (Å²) in [6.07, 6.45) is 3.66. The van der Waals surface area contributed by atoms with Crippen molar-refractivity contribution >= 4 is 11.9 Å². The molecule has 0 saturated heterocycles. The molecule has 6 heteroatoms. The Balaban J connectivity index is 1.87. The fourth-order valence-electron chi connectivity index (χ4n) is 2.00. The fourth-order valence-corrected chi connectivity index (χ4v) is 2.00. The number of aromatic amines is 1. The lowest BCUT2D eigenvalue weighted by Crippen LogP contribution is -2.32. The number of rotatable bonds is 2. The average Bonchev–Trinajstić information content (AvgIpc) is 2.92. The van der Waals surface area contributed by atoms with E-state index in [9.17, 15) is 9.59 Å². The minimum atomic E-state index is -0.512. The minimum absolute atomic E-state index is 0.154. The van der Waals surface area contributed by atoms with Crippen molar-refractivity contribution in [2.45, 2.75) is 6.42 Å². The summed E-state index contributed by atoms with van der Waals surface area (Å²) >= 11 is 0. The van der Waals surface area contributed by atoms with Gasteiger partial charge in [0.15, 0.2) is 5.75 Å². The lowest BCUT2D eigenvalue weighted by Gasteiger charge is -2.16. The van der Waals surface area contributed by atoms with Crippen LogP contribution in [0.15, 0.2) is 30.6 Å². The molecular weight excluding hydrogens is 246 g/mol. The van der Waals surface area contributed by atoms with Gasteiger partial charge in [0.25, 0.3) is 5.91 Å². The second kappa shape index (κ2) is 4.56. The summed E-state index contributed by atoms with van der Waals surface area (Å²) in [6, 6.07) is 5.02. The Morgan fingerprint density at radius 3 is 3.05 bits per heavy atom. The Morgan fingerprint density at radius 1 is 1.37 bits per heavy atom. The van der Waals surface area contributed by atoms with Crippen LogP contribution in [0.25, 0.3) is 0 Å². The van der Waals surface area contributed by atoms with Crippen molar-refractivity contribution in [2.75, 3.05) is 6.54 Å². The summed E-state index contributed by atoms with van der Waals surface area (Å²) in [7, 11) is 0. The molecule has 1 aliphatic rings. The van der Waals surface area contributed by atoms with E-state index in [-0.39, 0.29) is 5.91 Å². The van der Waals surface area contributed by atoms with E-state index < -0.39 is 5.97 Å². The van der Waals surface area contributed by atoms with Gasteiger partial charge >= 0.3 is 5.97 Å². The minimum Gasteiger partial charge on any atom is -0.420 e. The number of nitrogens with one attached hydrogen (secondary N) is 2. The van der Waals surface area contributed by atoms with Crippen LogP contribution < -0.4 is 10.1 Å². The maximum Gasteiger partial charge on any atom is 0.343 e. The first-order valence-corrected chi connectivity index (χ1v) is 5.86. The highest BCUT2D eigenvalue weighted by molar-refractivity contribution is 6.00. The summed E-state index contributed by atoms with van der Waals surface area (Å²) in [6.45, 7) is 0.630. The molecule has 0 aliphatic carbocycles. The van der Waals surface area contributed by atoms with Crippen molar-refractivity contribution in [1.29, 1.82) is 0 Å². The van der Waals surface area contributed by atoms with Crippen LogP contribution in [0.1, 0.15) is 26.3 Å². The Bertz CT molecular complexity index is 635. The largest absolute Gasteiger partial charge is 0.420 e. The van der Waals surface area contributed by atoms with Gasteiger partial charge < -0.3 is 10.1 Å². The van der Waals surface area contributed by atoms with Gasteiger partial charge in [-0.05, 0) is 24.1 Å². The number of hydrogen-bond acceptors (Lipinski definition) is 4. The number of fused-ring (bicyclic) bond motifs is 1. The number of esters is 1. The summed E-state index contributed by atoms with van der Waals surface area (Å²) in [4.78, 5) is 23.6. The van der Waals surface area contributed by atoms with Crippen LogP contribution in [-0.4, -0.2) is 28.6 Å². The number of aromatic nitrogens is 2. The molecule has 1 amide bonds. The third kappa shape index (κ3) is 2.20. The van der Waals surface area contributed by atoms with E-state index in [0.29, 0.717) is 23.4 Å². The second-order valence-electron chi connectivity index (χ2n) is 4.20. The molecule has 1 aromatic carbocycles. The molecule has 0 fully saturated rings. The molecule has 0 bridgehead atoms. The molecule has 0 radical (unpaired) electrons. The second-order valence-corrected chi connectivity index (χ2v) is 4.20. The van der Waals surface area contributed by atoms with Gasteiger partial charge in [-0.15, -0.1) is 0 Å². The SMILES string of the molecule is O=C(Oc1cn[nH]c1)c1ccc2c(c1)C(=O)NCC2. The number of ether oxygens (including phenoxy) is 1. The molecular formula is C13H11N3O3. The molecule has 1 aliphatic heterocycles. The summed E-state index contributed by atoms with van der Waals surface area (Å²) in [5, 5.41) is 8.98. The average molecular weight is 257 g/mol. The highest BCUT2D eigenvalue weighted by atomic mass is 16.5. The highest BCUT2D eigenvalue weighted by Gasteiger charge is 2.19. The van der Waals surface area contributed by atoms with Crippen LogP contribution >= 0.6 is 0 Å². The summed E-state index contributed by atoms with van der Waals surface area (Å²) in [5.41, 5.74) is 1.83. The summed E-state index contributed by atoms with van der Waals surface area (Å²) in [5.74, 6) is -0.325. The van der Waals surface area contributed by atoms with E-state index in [1.807, 2.05) is 0 Å². The first-order valence-electron chi connectivity index (χ1n) is 5.86. The van der Waals surface area contributed by atoms with E-state index in [1.165, 1.54) is 12.4 Å². The molecule has 19 heavy (non-hydrogen) atoms. The number of carbonyl (C=O) groups is 2. The quantitative estimate of drug-likeness (QED) is 0.783. The van der Waals surface area contributed by atoms with Gasteiger partial charge in [-0.2, -0.15) is 5.10 Å². The Kier molecular flexibility index (Phi) is 2.75. The first kappa shape index (κ1) is 11.5. The molecule has 2 aromatic rings. The van der Waals surface area contributed by atoms with Crippen molar-refractivity contribution in [1.82, 2.24) is 15.5 Å². The van der Waals surface area contributed by atoms with Crippen LogP contribution in [0.3, 0.4) is 0 Å². The molecule has 0 unspecified atom stereocenters. The first-order chi connectivity index (χ1) is 9.24. The number of amides is 1. The van der Waals surface area contributed by atoms with Gasteiger partial charge in [-0.3, -0.25) is 9.89 Å². The molecule has 3 rings (SSSR count). The molecule has 6 nitrogen and oxygen atoms in total. The highest BCUT2D eigenvalue weighted by Crippen LogP contribution is 2.17. The van der Waals surface area contributed by atoms with Gasteiger partial charge in [-0.1, -0.05) is 6.07 Å². The molecule has 0 saturated carbocycles. The Morgan fingerprint density at radius 2 is 2.26 bits per heavy atom. The van der Waals surface area contributed by atoms with Crippen molar-refractivity contribution in [2.24, 2.45) is 0 Å². The monoisotopic (exact) mass is 257 g/mol. The van der Waals surface area contributed by atoms with Crippen molar-refractivity contribution in [3.05, 3.63) is 47.3 Å². The van der Waals surface area contributed by atoms with Crippen molar-refractivity contribution in [3.8, 4) is 5.75 Å². The normalized spacial score (nSPS) is 13.6. The standard InChI is InChI=1S/C13H11N3O3/c17-12-11-5-9(2-1-8(11)3-4-14-12)13(18)19-10-6-15-16-7-10/h1-2,5-7H,3-4H2,(H,14,17)(H,15,16). The van der Waals surface area contributed by atoms with Gasteiger partial charge in [0.1, 0.15) is 0 Å². The zero-order valence-corrected chi connectivity index (χ0v) is 9.97. The van der Waals surface area contributed by atoms with E-state index in [1.54, 1.807) is 18.2 Å². The van der Waals surface area contributed by atoms with Crippen LogP contribution in [0.5, 0.6) is 5.75 Å². The van der Waals surface area contributed by atoms with Crippen molar-refractivity contribution < 1.29 is 14.3 Å². The molecule has 2 N–H and O–H groups in total. The van der Waals surface area contributed by atoms with E-state index in [2.05, 4.69) is 15.5 Å². The number of H-pyrrole nitrogens is 1. The molecule has 0 atom stereocenters. The van der Waals surface area contributed by atoms with Crippen LogP contribution in [0, 0.1) is 0 Å². The maximum absolute atomic E-state index is 11.9. The van der Waals surface area contributed by atoms with Crippen molar-refractivity contribution in [3.63, 3.8) is 0 Å². The molecule has 0 spiro atoms. The predicted molar refractivity (Wildman–Crippen MR) is 66.0 cm³/mol. The van der Waals surface area contributed by atoms with E-state index in [0.717, 1.165) is 12.0 Å². The zero-order valence-electron chi connectivity index (χ0n) is 9.97. The number of hydrogen-bond donors (Lipinski definition) is 2. The zero-order chi connectivity index (χ0) is 13.2. The fraction of sp³-hybridized carbons (Fsp3) is 0.154. The maximum atomic E-state index is 11.9. The predicted octanol–water partition coefficient (Wildman–Crippen LogP) is 0.915. The Labute approximate surface area is 108 Å². The van der Waals surface area contributed by atoms with E-state index >= 15 is 0 Å². The van der Waals surface area contributed by atoms with Crippen LogP contribution in [0.4, 0.5) is 0 Å². The number of nitrogens with zero attached hydrogens (tertiary/aromatic N) is 1. The van der Waals surface area contributed by atoms with Crippen LogP contribution in [-0.2, 0) is 6.42 Å². The van der Waals surface area contributed by atoms with E-state index in [4.69, 9.17) is 4.74 Å². The topological polar surface area (TPSA) is 84.1 Å². The third-order valence-corrected chi connectivity index (χ3v) is 2.95. The molecule has 2 heterocycles. The van der Waals surface area contributed by atoms with Gasteiger partial charge in [0.05, 0.1) is 18.0 Å². The van der Waals surface area contributed by atoms with Gasteiger partial charge in [0, 0.05) is 12.1 Å². The Hall–Kier alpha value is -2.63. The lowest BCUT2D eigenvalue weighted by molar-refractivity contribution is 0.0734. The number of carbonyl (C=O) groups excluding carboxylic acids is 2. The number of benzene rings is 1. The summed E-state index contributed by atoms with van der Waals surface area (Å²) < 4.78 is 5.10. The molecule has 96 valence electrons. The van der Waals surface area contributed by atoms with Gasteiger partial charge in [0.2, 0.25) is 0 Å². The van der Waals surface area contributed by atoms with Gasteiger partial charge in [-0.25, -0.2) is 4.79 Å². The third-order valence-electron chi connectivity index (χ3n) is 2.95. The van der Waals surface area contributed by atoms with Crippen LogP contribution in [0.2, 0.25) is 0 Å². The smallest absolute Gasteiger partial charge is 0.343 e. The lowest BCUT2D eigenvalue weighted by atomic mass is 9.98. The molecule has 1 aromatic heterocycles.